The van der Waals surface area contributed by atoms with Crippen molar-refractivity contribution in [3.8, 4) is 0 Å². The second-order valence-electron chi connectivity index (χ2n) is 12.0. The molecule has 296 valence electrons. The number of carbonyl (C=O) groups excluding carboxylic acids is 4. The number of hydrogen-bond donors (Lipinski definition) is 12. The SMILES string of the molecule is NCCCCC(NC(=O)C(CC(=O)O)NC(=O)CCC(NC(=O)c1ccc(NCc2cnc3nc(N)[nH]c(=O)c3n2)cc1)C(=O)O)C(=O)NC(CS)C(=O)O. The average molecular weight is 788 g/mol. The summed E-state index contributed by atoms with van der Waals surface area (Å²) in [7, 11) is 0. The Morgan fingerprint density at radius 2 is 1.47 bits per heavy atom. The van der Waals surface area contributed by atoms with E-state index in [1.807, 2.05) is 0 Å². The minimum atomic E-state index is -1.70. The third kappa shape index (κ3) is 13.5. The number of thiol groups is 1. The predicted molar refractivity (Wildman–Crippen MR) is 197 cm³/mol. The molecule has 2 heterocycles. The van der Waals surface area contributed by atoms with Gasteiger partial charge in [-0.3, -0.25) is 33.8 Å². The molecule has 2 aromatic heterocycles. The molecule has 0 spiro atoms. The Balaban J connectivity index is 1.58. The van der Waals surface area contributed by atoms with Crippen molar-refractivity contribution in [3.63, 3.8) is 0 Å². The molecular weight excluding hydrogens is 746 g/mol. The van der Waals surface area contributed by atoms with E-state index in [9.17, 15) is 53.7 Å². The van der Waals surface area contributed by atoms with Gasteiger partial charge in [0.25, 0.3) is 11.5 Å². The third-order valence-corrected chi connectivity index (χ3v) is 8.14. The van der Waals surface area contributed by atoms with E-state index >= 15 is 0 Å². The highest BCUT2D eigenvalue weighted by Crippen LogP contribution is 2.13. The van der Waals surface area contributed by atoms with Crippen LogP contribution in [0.4, 0.5) is 11.6 Å². The van der Waals surface area contributed by atoms with Crippen molar-refractivity contribution in [3.05, 3.63) is 52.1 Å². The van der Waals surface area contributed by atoms with E-state index < -0.39 is 90.5 Å². The number of unbranched alkanes of at least 4 members (excludes halogenated alkanes) is 1. The summed E-state index contributed by atoms with van der Waals surface area (Å²) in [6, 6.07) is -0.0687. The van der Waals surface area contributed by atoms with Gasteiger partial charge in [0.05, 0.1) is 24.9 Å². The van der Waals surface area contributed by atoms with E-state index in [1.54, 1.807) is 0 Å². The molecular formula is C32H41N11O11S. The molecule has 0 radical (unpaired) electrons. The standard InChI is InChI=1S/C32H41N11O11S/c33-10-2-1-3-18(27(48)41-21(14-55)31(53)54)39-28(49)20(11-23(45)46)38-22(44)9-8-19(30(51)52)40-26(47)15-4-6-16(7-5-15)35-12-17-13-36-25-24(37-17)29(50)43-32(34)42-25/h4-7,13,18-21,35,55H,1-3,8-12,14,33H2,(H,38,44)(H,39,49)(H,40,47)(H,41,48)(H,45,46)(H,51,52)(H,53,54)(H3,34,36,42,43,50). The van der Waals surface area contributed by atoms with Crippen LogP contribution in [0.2, 0.25) is 0 Å². The van der Waals surface area contributed by atoms with Gasteiger partial charge in [-0.2, -0.15) is 17.6 Å². The van der Waals surface area contributed by atoms with Gasteiger partial charge in [0.15, 0.2) is 11.2 Å². The number of carboxylic acids is 3. The highest BCUT2D eigenvalue weighted by atomic mass is 32.1. The number of carbonyl (C=O) groups is 7. The molecule has 55 heavy (non-hydrogen) atoms. The monoisotopic (exact) mass is 787 g/mol. The molecule has 0 aliphatic heterocycles. The molecule has 4 atom stereocenters. The molecule has 3 aromatic rings. The molecule has 0 saturated carbocycles. The van der Waals surface area contributed by atoms with Crippen LogP contribution in [0.25, 0.3) is 11.2 Å². The van der Waals surface area contributed by atoms with Crippen LogP contribution in [0.5, 0.6) is 0 Å². The Morgan fingerprint density at radius 3 is 2.09 bits per heavy atom. The summed E-state index contributed by atoms with van der Waals surface area (Å²) in [4.78, 5) is 113. The molecule has 0 aliphatic rings. The maximum Gasteiger partial charge on any atom is 0.327 e. The Kier molecular flexibility index (Phi) is 16.3. The molecule has 22 nitrogen and oxygen atoms in total. The minimum absolute atomic E-state index is 0.000406. The van der Waals surface area contributed by atoms with Crippen LogP contribution in [0, 0.1) is 0 Å². The summed E-state index contributed by atoms with van der Waals surface area (Å²) >= 11 is 3.89. The first kappa shape index (κ1) is 43.0. The van der Waals surface area contributed by atoms with Crippen LogP contribution in [0.3, 0.4) is 0 Å². The maximum absolute atomic E-state index is 13.1. The van der Waals surface area contributed by atoms with E-state index in [1.165, 1.54) is 30.5 Å². The number of fused-ring (bicyclic) bond motifs is 1. The Morgan fingerprint density at radius 1 is 0.818 bits per heavy atom. The van der Waals surface area contributed by atoms with Crippen molar-refractivity contribution in [2.24, 2.45) is 5.73 Å². The first-order chi connectivity index (χ1) is 26.1. The number of aromatic amines is 1. The van der Waals surface area contributed by atoms with Gasteiger partial charge in [-0.1, -0.05) is 0 Å². The first-order valence-electron chi connectivity index (χ1n) is 16.7. The number of nitrogen functional groups attached to an aromatic ring is 1. The molecule has 13 N–H and O–H groups in total. The third-order valence-electron chi connectivity index (χ3n) is 7.78. The number of rotatable bonds is 22. The number of anilines is 2. The second kappa shape index (κ2) is 20.8. The number of H-pyrrole nitrogens is 1. The topological polar surface area (TPSA) is 364 Å². The number of nitrogens with one attached hydrogen (secondary N) is 6. The highest BCUT2D eigenvalue weighted by molar-refractivity contribution is 7.80. The van der Waals surface area contributed by atoms with Crippen LogP contribution in [0.15, 0.2) is 35.3 Å². The largest absolute Gasteiger partial charge is 0.481 e. The molecule has 0 aliphatic carbocycles. The molecule has 3 rings (SSSR count). The Labute approximate surface area is 317 Å². The Hall–Kier alpha value is -6.36. The van der Waals surface area contributed by atoms with Gasteiger partial charge < -0.3 is 53.4 Å². The zero-order valence-corrected chi connectivity index (χ0v) is 30.0. The lowest BCUT2D eigenvalue weighted by Crippen LogP contribution is -2.56. The zero-order valence-electron chi connectivity index (χ0n) is 29.1. The summed E-state index contributed by atoms with van der Waals surface area (Å²) in [6.07, 6.45) is 0.304. The van der Waals surface area contributed by atoms with Crippen molar-refractivity contribution in [2.45, 2.75) is 69.2 Å². The fourth-order valence-corrected chi connectivity index (χ4v) is 5.15. The molecule has 0 bridgehead atoms. The predicted octanol–water partition coefficient (Wildman–Crippen LogP) is -2.06. The summed E-state index contributed by atoms with van der Waals surface area (Å²) in [5.74, 6) is -8.33. The lowest BCUT2D eigenvalue weighted by atomic mass is 10.1. The number of nitrogens with zero attached hydrogens (tertiary/aromatic N) is 3. The fourth-order valence-electron chi connectivity index (χ4n) is 4.90. The number of carboxylic acid groups (broad SMARTS) is 3. The number of benzene rings is 1. The van der Waals surface area contributed by atoms with Gasteiger partial charge in [-0.15, -0.1) is 0 Å². The number of hydrogen-bond acceptors (Lipinski definition) is 15. The van der Waals surface area contributed by atoms with E-state index in [4.69, 9.17) is 11.5 Å². The Bertz CT molecular complexity index is 1940. The lowest BCUT2D eigenvalue weighted by Gasteiger charge is -2.24. The molecule has 1 aromatic carbocycles. The van der Waals surface area contributed by atoms with Crippen molar-refractivity contribution < 1.29 is 48.9 Å². The van der Waals surface area contributed by atoms with Crippen LogP contribution in [-0.4, -0.2) is 113 Å². The van der Waals surface area contributed by atoms with Crippen molar-refractivity contribution in [1.29, 1.82) is 0 Å². The number of aromatic nitrogens is 4. The highest BCUT2D eigenvalue weighted by Gasteiger charge is 2.31. The molecule has 23 heteroatoms. The van der Waals surface area contributed by atoms with E-state index in [0.717, 1.165) is 0 Å². The van der Waals surface area contributed by atoms with E-state index in [2.05, 4.69) is 59.1 Å². The van der Waals surface area contributed by atoms with Crippen LogP contribution < -0.4 is 43.6 Å². The normalized spacial score (nSPS) is 13.1. The van der Waals surface area contributed by atoms with Gasteiger partial charge >= 0.3 is 17.9 Å². The number of aliphatic carboxylic acids is 3. The second-order valence-corrected chi connectivity index (χ2v) is 12.3. The lowest BCUT2D eigenvalue weighted by molar-refractivity contribution is -0.143. The number of amides is 4. The van der Waals surface area contributed by atoms with Crippen LogP contribution in [0.1, 0.15) is 54.6 Å². The maximum atomic E-state index is 13.1. The molecule has 0 fully saturated rings. The van der Waals surface area contributed by atoms with Gasteiger partial charge in [-0.25, -0.2) is 19.6 Å². The van der Waals surface area contributed by atoms with Gasteiger partial charge in [0.1, 0.15) is 24.2 Å². The van der Waals surface area contributed by atoms with E-state index in [0.29, 0.717) is 24.2 Å². The summed E-state index contributed by atoms with van der Waals surface area (Å²) in [6.45, 7) is 0.408. The van der Waals surface area contributed by atoms with Gasteiger partial charge in [0.2, 0.25) is 23.7 Å². The van der Waals surface area contributed by atoms with E-state index in [-0.39, 0.29) is 47.9 Å². The van der Waals surface area contributed by atoms with Crippen molar-refractivity contribution in [1.82, 2.24) is 41.2 Å². The summed E-state index contributed by atoms with van der Waals surface area (Å²) in [5, 5.41) is 40.5. The average Bonchev–Trinajstić information content (AvgIpc) is 3.13. The summed E-state index contributed by atoms with van der Waals surface area (Å²) in [5.41, 5.74) is 11.6. The molecule has 4 amide bonds. The van der Waals surface area contributed by atoms with Gasteiger partial charge in [-0.05, 0) is 56.5 Å². The molecule has 4 unspecified atom stereocenters. The first-order valence-corrected chi connectivity index (χ1v) is 17.3. The van der Waals surface area contributed by atoms with Crippen LogP contribution >= 0.6 is 12.6 Å². The smallest absolute Gasteiger partial charge is 0.327 e. The quantitative estimate of drug-likeness (QED) is 0.0385. The molecule has 0 saturated heterocycles. The van der Waals surface area contributed by atoms with Crippen molar-refractivity contribution >= 4 is 77.0 Å². The van der Waals surface area contributed by atoms with Crippen molar-refractivity contribution in [2.75, 3.05) is 23.3 Å². The van der Waals surface area contributed by atoms with Crippen LogP contribution in [-0.2, 0) is 35.3 Å². The zero-order chi connectivity index (χ0) is 40.7. The minimum Gasteiger partial charge on any atom is -0.481 e. The van der Waals surface area contributed by atoms with Gasteiger partial charge in [0, 0.05) is 23.4 Å². The fraction of sp³-hybridized carbons (Fsp3) is 0.406. The number of nitrogens with two attached hydrogens (primary N) is 2. The summed E-state index contributed by atoms with van der Waals surface area (Å²) < 4.78 is 0.